The molecule has 4 aromatic carbocycles. The Morgan fingerprint density at radius 1 is 0.556 bits per heavy atom. The summed E-state index contributed by atoms with van der Waals surface area (Å²) in [7, 11) is 2.16. The van der Waals surface area contributed by atoms with Gasteiger partial charge < -0.3 is 4.90 Å². The number of para-hydroxylation sites is 2. The van der Waals surface area contributed by atoms with Gasteiger partial charge in [-0.3, -0.25) is 0 Å². The van der Waals surface area contributed by atoms with Gasteiger partial charge in [0.2, 0.25) is 0 Å². The summed E-state index contributed by atoms with van der Waals surface area (Å²) < 4.78 is 2.68. The zero-order valence-corrected chi connectivity index (χ0v) is 15.9. The topological polar surface area (TPSA) is 3.24 Å². The molecule has 0 saturated carbocycles. The van der Waals surface area contributed by atoms with Gasteiger partial charge in [0.05, 0.1) is 0 Å². The van der Waals surface area contributed by atoms with E-state index in [0.717, 1.165) is 0 Å². The molecule has 0 aliphatic carbocycles. The van der Waals surface area contributed by atoms with Gasteiger partial charge >= 0.3 is 0 Å². The molecule has 0 bridgehead atoms. The highest BCUT2D eigenvalue weighted by Crippen LogP contribution is 2.39. The Labute approximate surface area is 163 Å². The van der Waals surface area contributed by atoms with Crippen LogP contribution in [0.4, 0.5) is 17.1 Å². The van der Waals surface area contributed by atoms with Gasteiger partial charge in [-0.25, -0.2) is 0 Å². The van der Waals surface area contributed by atoms with E-state index in [1.807, 2.05) is 11.3 Å². The van der Waals surface area contributed by atoms with Crippen LogP contribution in [0.25, 0.3) is 20.2 Å². The molecule has 0 saturated heterocycles. The molecule has 0 unspecified atom stereocenters. The zero-order chi connectivity index (χ0) is 18.2. The Kier molecular flexibility index (Phi) is 3.95. The molecular weight excluding hydrogens is 345 g/mol. The molecule has 3 heteroatoms. The lowest BCUT2D eigenvalue weighted by molar-refractivity contribution is 1.29. The fourth-order valence-corrected chi connectivity index (χ4v) is 4.69. The van der Waals surface area contributed by atoms with E-state index < -0.39 is 0 Å². The second-order valence-electron chi connectivity index (χ2n) is 6.79. The Morgan fingerprint density at radius 3 is 1.74 bits per heavy atom. The van der Waals surface area contributed by atoms with Gasteiger partial charge in [-0.1, -0.05) is 54.0 Å². The van der Waals surface area contributed by atoms with Gasteiger partial charge in [-0.2, -0.15) is 0 Å². The number of hydrogen-bond acceptors (Lipinski definition) is 2. The van der Waals surface area contributed by atoms with Crippen LogP contribution in [0.3, 0.4) is 0 Å². The van der Waals surface area contributed by atoms with Crippen LogP contribution in [0.1, 0.15) is 0 Å². The molecule has 0 amide bonds. The fraction of sp³-hybridized carbons (Fsp3) is 0. The molecule has 5 rings (SSSR count). The Bertz CT molecular complexity index is 1190. The van der Waals surface area contributed by atoms with Crippen molar-refractivity contribution in [3.8, 4) is 0 Å². The number of fused-ring (bicyclic) bond motifs is 3. The highest BCUT2D eigenvalue weighted by molar-refractivity contribution is 7.25. The second-order valence-corrected chi connectivity index (χ2v) is 7.87. The molecule has 0 radical (unpaired) electrons. The average molecular weight is 363 g/mol. The number of benzene rings is 4. The molecule has 1 heterocycles. The maximum absolute atomic E-state index is 2.33. The summed E-state index contributed by atoms with van der Waals surface area (Å²) >= 11 is 1.86. The van der Waals surface area contributed by atoms with Crippen molar-refractivity contribution in [3.05, 3.63) is 97.1 Å². The average Bonchev–Trinajstić information content (AvgIpc) is 3.07. The third-order valence-electron chi connectivity index (χ3n) is 4.90. The highest BCUT2D eigenvalue weighted by Gasteiger charge is 2.14. The van der Waals surface area contributed by atoms with Crippen LogP contribution in [0.15, 0.2) is 97.1 Å². The Balaban J connectivity index is 1.75. The minimum atomic E-state index is 1.17. The summed E-state index contributed by atoms with van der Waals surface area (Å²) in [5, 5.41) is 2.67. The molecule has 0 spiro atoms. The molecule has 5 aromatic rings. The van der Waals surface area contributed by atoms with Crippen LogP contribution in [-0.4, -0.2) is 7.85 Å². The number of thiophene rings is 1. The molecule has 0 N–H and O–H groups in total. The molecule has 1 aromatic heterocycles. The van der Waals surface area contributed by atoms with E-state index in [4.69, 9.17) is 0 Å². The van der Waals surface area contributed by atoms with Gasteiger partial charge in [0.25, 0.3) is 0 Å². The van der Waals surface area contributed by atoms with Crippen molar-refractivity contribution in [2.24, 2.45) is 0 Å². The van der Waals surface area contributed by atoms with Crippen molar-refractivity contribution in [3.63, 3.8) is 0 Å². The number of rotatable bonds is 3. The molecule has 27 heavy (non-hydrogen) atoms. The van der Waals surface area contributed by atoms with Crippen molar-refractivity contribution in [2.45, 2.75) is 0 Å². The summed E-state index contributed by atoms with van der Waals surface area (Å²) in [6.07, 6.45) is 0. The van der Waals surface area contributed by atoms with Crippen LogP contribution in [0, 0.1) is 0 Å². The first-order chi connectivity index (χ1) is 13.3. The molecule has 0 fully saturated rings. The van der Waals surface area contributed by atoms with E-state index in [2.05, 4.69) is 110 Å². The van der Waals surface area contributed by atoms with E-state index in [1.165, 1.54) is 42.7 Å². The molecule has 1 nitrogen and oxygen atoms in total. The number of anilines is 3. The van der Waals surface area contributed by atoms with Crippen molar-refractivity contribution in [1.29, 1.82) is 0 Å². The van der Waals surface area contributed by atoms with Crippen LogP contribution >= 0.6 is 11.3 Å². The molecule has 0 aliphatic heterocycles. The van der Waals surface area contributed by atoms with E-state index in [9.17, 15) is 0 Å². The lowest BCUT2D eigenvalue weighted by Gasteiger charge is -2.25. The van der Waals surface area contributed by atoms with E-state index in [1.54, 1.807) is 0 Å². The Morgan fingerprint density at radius 2 is 1.11 bits per heavy atom. The molecular formula is C24H18BNS. The van der Waals surface area contributed by atoms with E-state index >= 15 is 0 Å². The number of hydrogen-bond donors (Lipinski definition) is 0. The van der Waals surface area contributed by atoms with Crippen molar-refractivity contribution < 1.29 is 0 Å². The predicted molar refractivity (Wildman–Crippen MR) is 122 cm³/mol. The lowest BCUT2D eigenvalue weighted by Crippen LogP contribution is -2.09. The maximum atomic E-state index is 2.33. The first-order valence-corrected chi connectivity index (χ1v) is 9.94. The SMILES string of the molecule is Bc1ccc2sc3ccc(N(c4ccccc4)c4ccccc4)cc3c2c1. The lowest BCUT2D eigenvalue weighted by atomic mass is 9.94. The largest absolute Gasteiger partial charge is 0.310 e. The second kappa shape index (κ2) is 6.60. The van der Waals surface area contributed by atoms with Gasteiger partial charge in [0, 0.05) is 31.8 Å². The molecule has 0 aliphatic rings. The maximum Gasteiger partial charge on any atom is 0.139 e. The van der Waals surface area contributed by atoms with Crippen LogP contribution in [0.2, 0.25) is 0 Å². The highest BCUT2D eigenvalue weighted by atomic mass is 32.1. The standard InChI is InChI=1S/C24H18BNS/c25-17-11-13-23-21(15-17)22-16-20(12-14-24(22)27-23)26(18-7-3-1-4-8-18)19-9-5-2-6-10-19/h1-16H,25H2. The van der Waals surface area contributed by atoms with E-state index in [0.29, 0.717) is 0 Å². The van der Waals surface area contributed by atoms with Crippen LogP contribution in [0.5, 0.6) is 0 Å². The first-order valence-electron chi connectivity index (χ1n) is 9.13. The normalized spacial score (nSPS) is 11.1. The summed E-state index contributed by atoms with van der Waals surface area (Å²) in [5.74, 6) is 0. The third-order valence-corrected chi connectivity index (χ3v) is 6.05. The van der Waals surface area contributed by atoms with Gasteiger partial charge in [0.15, 0.2) is 0 Å². The quantitative estimate of drug-likeness (QED) is 0.367. The minimum absolute atomic E-state index is 1.17. The summed E-state index contributed by atoms with van der Waals surface area (Å²) in [5.41, 5.74) is 4.81. The van der Waals surface area contributed by atoms with Crippen molar-refractivity contribution in [1.82, 2.24) is 0 Å². The number of nitrogens with zero attached hydrogens (tertiary/aromatic N) is 1. The summed E-state index contributed by atoms with van der Waals surface area (Å²) in [4.78, 5) is 2.32. The van der Waals surface area contributed by atoms with Gasteiger partial charge in [-0.05, 0) is 53.9 Å². The fourth-order valence-electron chi connectivity index (χ4n) is 3.62. The smallest absolute Gasteiger partial charge is 0.139 e. The molecule has 0 atom stereocenters. The summed E-state index contributed by atoms with van der Waals surface area (Å²) in [6, 6.07) is 34.7. The van der Waals surface area contributed by atoms with Crippen LogP contribution < -0.4 is 10.4 Å². The van der Waals surface area contributed by atoms with Crippen molar-refractivity contribution >= 4 is 61.9 Å². The van der Waals surface area contributed by atoms with E-state index in [-0.39, 0.29) is 0 Å². The van der Waals surface area contributed by atoms with Crippen LogP contribution in [-0.2, 0) is 0 Å². The van der Waals surface area contributed by atoms with Gasteiger partial charge in [0.1, 0.15) is 7.85 Å². The van der Waals surface area contributed by atoms with Gasteiger partial charge in [-0.15, -0.1) is 11.3 Å². The molecule has 128 valence electrons. The summed E-state index contributed by atoms with van der Waals surface area (Å²) in [6.45, 7) is 0. The predicted octanol–water partition coefficient (Wildman–Crippen LogP) is 5.78. The Hall–Kier alpha value is -3.04. The monoisotopic (exact) mass is 363 g/mol. The zero-order valence-electron chi connectivity index (χ0n) is 15.1. The minimum Gasteiger partial charge on any atom is -0.310 e. The first kappa shape index (κ1) is 16.2. The third kappa shape index (κ3) is 2.90. The van der Waals surface area contributed by atoms with Crippen molar-refractivity contribution in [2.75, 3.05) is 4.90 Å².